The van der Waals surface area contributed by atoms with Crippen LogP contribution < -0.4 is 4.74 Å². The molecule has 2 aromatic carbocycles. The molecule has 1 aliphatic carbocycles. The zero-order chi connectivity index (χ0) is 28.5. The Labute approximate surface area is 248 Å². The number of benzene rings is 2. The van der Waals surface area contributed by atoms with E-state index in [0.29, 0.717) is 62.5 Å². The Morgan fingerprint density at radius 1 is 1.05 bits per heavy atom. The average molecular weight is 596 g/mol. The third kappa shape index (κ3) is 5.54. The Kier molecular flexibility index (Phi) is 8.17. The Morgan fingerprint density at radius 2 is 1.85 bits per heavy atom. The van der Waals surface area contributed by atoms with Crippen LogP contribution in [0.5, 0.6) is 5.75 Å². The van der Waals surface area contributed by atoms with Gasteiger partial charge >= 0.3 is 5.97 Å². The Morgan fingerprint density at radius 3 is 2.63 bits per heavy atom. The molecule has 1 N–H and O–H groups in total. The van der Waals surface area contributed by atoms with Crippen LogP contribution in [0, 0.1) is 11.8 Å². The van der Waals surface area contributed by atoms with Crippen LogP contribution in [0.2, 0.25) is 5.02 Å². The number of carbonyl (C=O) groups excluding carboxylic acids is 2. The molecule has 0 spiro atoms. The molecule has 1 aromatic heterocycles. The molecule has 0 unspecified atom stereocenters. The predicted octanol–water partition coefficient (Wildman–Crippen LogP) is 5.86. The van der Waals surface area contributed by atoms with E-state index in [1.165, 1.54) is 11.5 Å². The number of amides is 2. The minimum atomic E-state index is -0.901. The Hall–Kier alpha value is -3.17. The highest BCUT2D eigenvalue weighted by Gasteiger charge is 2.42. The molecule has 3 aromatic rings. The first-order valence-corrected chi connectivity index (χ1v) is 15.7. The van der Waals surface area contributed by atoms with Gasteiger partial charge in [-0.15, -0.1) is 0 Å². The lowest BCUT2D eigenvalue weighted by Gasteiger charge is -2.42. The smallest absolute Gasteiger partial charge is 0.307 e. The topological polar surface area (TPSA) is 100 Å². The van der Waals surface area contributed by atoms with Gasteiger partial charge in [0.1, 0.15) is 12.4 Å². The van der Waals surface area contributed by atoms with Crippen LogP contribution in [0.15, 0.2) is 36.4 Å². The van der Waals surface area contributed by atoms with Gasteiger partial charge in [-0.3, -0.25) is 14.4 Å². The van der Waals surface area contributed by atoms with Gasteiger partial charge < -0.3 is 19.6 Å². The number of nitrogens with zero attached hydrogens (tertiary/aromatic N) is 3. The summed E-state index contributed by atoms with van der Waals surface area (Å²) >= 11 is 8.17. The molecule has 2 amide bonds. The number of likely N-dealkylation sites (tertiary alicyclic amines) is 1. The van der Waals surface area contributed by atoms with E-state index >= 15 is 0 Å². The van der Waals surface area contributed by atoms with Crippen LogP contribution in [0.4, 0.5) is 0 Å². The van der Waals surface area contributed by atoms with E-state index in [9.17, 15) is 19.5 Å². The standard InChI is InChI=1S/C31H34ClN3O5S/c32-23-11-12-26(40-18-24-22-8-3-4-9-27(22)41-33-24)29-21(23)13-17-35(25(29)14-16-34-15-5-10-28(34)36)30(37)19-6-1-2-7-20(19)31(38)39/h3-4,8-9,11-12,19-20,25H,1-2,5-7,10,13-18H2,(H,38,39)/t19-,20+,25-/m1/s1. The molecule has 0 bridgehead atoms. The fourth-order valence-corrected chi connectivity index (χ4v) is 7.85. The maximum absolute atomic E-state index is 14.1. The van der Waals surface area contributed by atoms with Crippen molar-refractivity contribution in [1.29, 1.82) is 0 Å². The number of ether oxygens (including phenoxy) is 1. The van der Waals surface area contributed by atoms with Gasteiger partial charge in [0.2, 0.25) is 11.8 Å². The van der Waals surface area contributed by atoms with Crippen LogP contribution in [0.25, 0.3) is 10.1 Å². The summed E-state index contributed by atoms with van der Waals surface area (Å²) in [7, 11) is 0. The third-order valence-corrected chi connectivity index (χ3v) is 10.1. The number of carboxylic acid groups (broad SMARTS) is 1. The molecular formula is C31H34ClN3O5S. The van der Waals surface area contributed by atoms with Crippen molar-refractivity contribution in [2.75, 3.05) is 19.6 Å². The summed E-state index contributed by atoms with van der Waals surface area (Å²) in [6.07, 6.45) is 5.24. The van der Waals surface area contributed by atoms with Crippen molar-refractivity contribution in [3.05, 3.63) is 58.2 Å². The summed E-state index contributed by atoms with van der Waals surface area (Å²) in [6, 6.07) is 11.4. The second-order valence-corrected chi connectivity index (χ2v) is 12.5. The number of rotatable bonds is 8. The van der Waals surface area contributed by atoms with E-state index in [2.05, 4.69) is 4.37 Å². The number of aromatic nitrogens is 1. The molecule has 3 aliphatic rings. The van der Waals surface area contributed by atoms with Crippen LogP contribution in [0.1, 0.15) is 67.8 Å². The molecule has 0 radical (unpaired) electrons. The van der Waals surface area contributed by atoms with Crippen molar-refractivity contribution in [2.24, 2.45) is 11.8 Å². The molecule has 2 fully saturated rings. The van der Waals surface area contributed by atoms with Gasteiger partial charge in [0.25, 0.3) is 0 Å². The first kappa shape index (κ1) is 28.0. The molecular weight excluding hydrogens is 562 g/mol. The molecule has 1 saturated carbocycles. The average Bonchev–Trinajstić information content (AvgIpc) is 3.60. The molecule has 216 valence electrons. The van der Waals surface area contributed by atoms with Crippen molar-refractivity contribution < 1.29 is 24.2 Å². The second-order valence-electron chi connectivity index (χ2n) is 11.3. The van der Waals surface area contributed by atoms with E-state index in [0.717, 1.165) is 46.2 Å². The number of halogens is 1. The van der Waals surface area contributed by atoms with Gasteiger partial charge in [0, 0.05) is 42.0 Å². The van der Waals surface area contributed by atoms with Crippen molar-refractivity contribution >= 4 is 51.0 Å². The molecule has 2 aliphatic heterocycles. The molecule has 10 heteroatoms. The van der Waals surface area contributed by atoms with E-state index < -0.39 is 17.8 Å². The molecule has 6 rings (SSSR count). The number of carboxylic acids is 1. The lowest BCUT2D eigenvalue weighted by atomic mass is 9.77. The largest absolute Gasteiger partial charge is 0.487 e. The lowest BCUT2D eigenvalue weighted by Crippen LogP contribution is -2.47. The number of hydrogen-bond acceptors (Lipinski definition) is 6. The second kappa shape index (κ2) is 12.0. The zero-order valence-electron chi connectivity index (χ0n) is 22.9. The van der Waals surface area contributed by atoms with Crippen molar-refractivity contribution in [1.82, 2.24) is 14.2 Å². The number of fused-ring (bicyclic) bond motifs is 2. The quantitative estimate of drug-likeness (QED) is 0.350. The number of carbonyl (C=O) groups is 3. The first-order chi connectivity index (χ1) is 19.9. The fourth-order valence-electron chi connectivity index (χ4n) is 6.81. The molecule has 3 heterocycles. The molecule has 41 heavy (non-hydrogen) atoms. The molecule has 3 atom stereocenters. The zero-order valence-corrected chi connectivity index (χ0v) is 24.5. The van der Waals surface area contributed by atoms with Crippen molar-refractivity contribution in [3.63, 3.8) is 0 Å². The van der Waals surface area contributed by atoms with Gasteiger partial charge in [-0.05, 0) is 67.4 Å². The normalized spacial score (nSPS) is 22.7. The molecule has 8 nitrogen and oxygen atoms in total. The molecule has 1 saturated heterocycles. The maximum atomic E-state index is 14.1. The summed E-state index contributed by atoms with van der Waals surface area (Å²) in [4.78, 5) is 42.4. The predicted molar refractivity (Wildman–Crippen MR) is 157 cm³/mol. The monoisotopic (exact) mass is 595 g/mol. The summed E-state index contributed by atoms with van der Waals surface area (Å²) in [6.45, 7) is 1.95. The van der Waals surface area contributed by atoms with Crippen LogP contribution in [-0.4, -0.2) is 56.7 Å². The minimum absolute atomic E-state index is 0.114. The lowest BCUT2D eigenvalue weighted by molar-refractivity contribution is -0.153. The van der Waals surface area contributed by atoms with Gasteiger partial charge in [0.05, 0.1) is 28.3 Å². The summed E-state index contributed by atoms with van der Waals surface area (Å²) in [5.74, 6) is -1.46. The maximum Gasteiger partial charge on any atom is 0.307 e. The highest BCUT2D eigenvalue weighted by molar-refractivity contribution is 7.13. The minimum Gasteiger partial charge on any atom is -0.487 e. The van der Waals surface area contributed by atoms with E-state index in [1.54, 1.807) is 0 Å². The Bertz CT molecular complexity index is 1480. The SMILES string of the molecule is O=C(O)[C@H]1CCCC[C@H]1C(=O)N1CCc2c(Cl)ccc(OCc3nsc4ccccc34)c2[C@H]1CCN1CCCC1=O. The van der Waals surface area contributed by atoms with Gasteiger partial charge in [-0.25, -0.2) is 0 Å². The highest BCUT2D eigenvalue weighted by atomic mass is 35.5. The van der Waals surface area contributed by atoms with Crippen LogP contribution >= 0.6 is 23.1 Å². The third-order valence-electron chi connectivity index (χ3n) is 8.92. The number of hydrogen-bond donors (Lipinski definition) is 1. The first-order valence-electron chi connectivity index (χ1n) is 14.5. The van der Waals surface area contributed by atoms with Gasteiger partial charge in [0.15, 0.2) is 0 Å². The van der Waals surface area contributed by atoms with Crippen LogP contribution in [-0.2, 0) is 27.4 Å². The fraction of sp³-hybridized carbons (Fsp3) is 0.484. The highest BCUT2D eigenvalue weighted by Crippen LogP contribution is 2.44. The summed E-state index contributed by atoms with van der Waals surface area (Å²) < 4.78 is 12.1. The Balaban J connectivity index is 1.34. The summed E-state index contributed by atoms with van der Waals surface area (Å²) in [5, 5.41) is 11.6. The van der Waals surface area contributed by atoms with E-state index in [1.807, 2.05) is 46.2 Å². The van der Waals surface area contributed by atoms with Crippen molar-refractivity contribution in [2.45, 2.75) is 64.0 Å². The summed E-state index contributed by atoms with van der Waals surface area (Å²) in [5.41, 5.74) is 2.67. The van der Waals surface area contributed by atoms with Crippen molar-refractivity contribution in [3.8, 4) is 5.75 Å². The number of aliphatic carboxylic acids is 1. The van der Waals surface area contributed by atoms with Gasteiger partial charge in [-0.2, -0.15) is 4.37 Å². The van der Waals surface area contributed by atoms with E-state index in [-0.39, 0.29) is 24.5 Å². The van der Waals surface area contributed by atoms with Crippen LogP contribution in [0.3, 0.4) is 0 Å². The van der Waals surface area contributed by atoms with Gasteiger partial charge in [-0.1, -0.05) is 42.6 Å². The van der Waals surface area contributed by atoms with E-state index in [4.69, 9.17) is 16.3 Å².